The maximum atomic E-state index is 11.9. The monoisotopic (exact) mass is 291 g/mol. The number of anilines is 1. The number of aromatic nitrogens is 2. The summed E-state index contributed by atoms with van der Waals surface area (Å²) in [6, 6.07) is 0. The van der Waals surface area contributed by atoms with Crippen molar-refractivity contribution in [2.24, 2.45) is 5.92 Å². The topological polar surface area (TPSA) is 61.4 Å². The molecule has 2 rings (SSSR count). The maximum absolute atomic E-state index is 11.9. The van der Waals surface area contributed by atoms with Crippen molar-refractivity contribution in [3.8, 4) is 0 Å². The smallest absolute Gasteiger partial charge is 0.254 e. The van der Waals surface area contributed by atoms with Gasteiger partial charge in [-0.25, -0.2) is 9.97 Å². The molecular formula is C15H25N5O. The van der Waals surface area contributed by atoms with Gasteiger partial charge >= 0.3 is 0 Å². The van der Waals surface area contributed by atoms with Crippen LogP contribution in [0.1, 0.15) is 30.6 Å². The average Bonchev–Trinajstić information content (AvgIpc) is 2.48. The molecule has 0 radical (unpaired) electrons. The summed E-state index contributed by atoms with van der Waals surface area (Å²) in [4.78, 5) is 25.0. The molecule has 1 fully saturated rings. The molecule has 2 heterocycles. The molecule has 0 bridgehead atoms. The van der Waals surface area contributed by atoms with Crippen molar-refractivity contribution < 1.29 is 4.79 Å². The Morgan fingerprint density at radius 2 is 1.86 bits per heavy atom. The molecule has 0 saturated carbocycles. The number of nitrogens with zero attached hydrogens (tertiary/aromatic N) is 4. The Balaban J connectivity index is 1.88. The van der Waals surface area contributed by atoms with Crippen molar-refractivity contribution in [2.75, 3.05) is 44.7 Å². The van der Waals surface area contributed by atoms with Crippen LogP contribution in [0, 0.1) is 5.92 Å². The van der Waals surface area contributed by atoms with Gasteiger partial charge in [0, 0.05) is 45.1 Å². The first-order chi connectivity index (χ1) is 10.1. The first kappa shape index (κ1) is 15.7. The van der Waals surface area contributed by atoms with Gasteiger partial charge in [0.05, 0.1) is 5.56 Å². The minimum absolute atomic E-state index is 0.0967. The molecule has 1 aliphatic rings. The molecule has 6 nitrogen and oxygen atoms in total. The standard InChI is InChI=1S/C15H25N5O/c1-12(2)4-5-16-14(21)13-10-17-15(18-11-13)20-8-6-19(3)7-9-20/h10-12H,4-9H2,1-3H3,(H,16,21). The lowest BCUT2D eigenvalue weighted by Crippen LogP contribution is -2.45. The molecule has 1 amide bonds. The third kappa shape index (κ3) is 4.67. The van der Waals surface area contributed by atoms with Gasteiger partial charge in [-0.05, 0) is 19.4 Å². The molecule has 6 heteroatoms. The largest absolute Gasteiger partial charge is 0.352 e. The van der Waals surface area contributed by atoms with Crippen molar-refractivity contribution in [3.05, 3.63) is 18.0 Å². The number of hydrogen-bond donors (Lipinski definition) is 1. The highest BCUT2D eigenvalue weighted by Gasteiger charge is 2.16. The van der Waals surface area contributed by atoms with Crippen LogP contribution in [-0.4, -0.2) is 60.5 Å². The predicted molar refractivity (Wildman–Crippen MR) is 83.5 cm³/mol. The summed E-state index contributed by atoms with van der Waals surface area (Å²) in [5.74, 6) is 1.20. The quantitative estimate of drug-likeness (QED) is 0.877. The summed E-state index contributed by atoms with van der Waals surface area (Å²) in [7, 11) is 2.11. The Morgan fingerprint density at radius 3 is 2.43 bits per heavy atom. The zero-order valence-corrected chi connectivity index (χ0v) is 13.2. The number of nitrogens with one attached hydrogen (secondary N) is 1. The fraction of sp³-hybridized carbons (Fsp3) is 0.667. The summed E-state index contributed by atoms with van der Waals surface area (Å²) in [5.41, 5.74) is 0.525. The van der Waals surface area contributed by atoms with Crippen molar-refractivity contribution in [3.63, 3.8) is 0 Å². The molecule has 0 aromatic carbocycles. The number of piperazine rings is 1. The minimum atomic E-state index is -0.0967. The van der Waals surface area contributed by atoms with Gasteiger partial charge in [0.15, 0.2) is 0 Å². The number of carbonyl (C=O) groups is 1. The van der Waals surface area contributed by atoms with E-state index in [0.717, 1.165) is 32.6 Å². The van der Waals surface area contributed by atoms with Crippen LogP contribution in [0.2, 0.25) is 0 Å². The second kappa shape index (κ2) is 7.36. The van der Waals surface area contributed by atoms with Gasteiger partial charge in [0.1, 0.15) is 0 Å². The van der Waals surface area contributed by atoms with Crippen LogP contribution >= 0.6 is 0 Å². The number of likely N-dealkylation sites (N-methyl/N-ethyl adjacent to an activating group) is 1. The fourth-order valence-corrected chi connectivity index (χ4v) is 2.18. The lowest BCUT2D eigenvalue weighted by Gasteiger charge is -2.32. The Hall–Kier alpha value is -1.69. The third-order valence-electron chi connectivity index (χ3n) is 3.69. The van der Waals surface area contributed by atoms with Crippen LogP contribution in [0.15, 0.2) is 12.4 Å². The number of rotatable bonds is 5. The molecule has 21 heavy (non-hydrogen) atoms. The highest BCUT2D eigenvalue weighted by molar-refractivity contribution is 5.93. The van der Waals surface area contributed by atoms with E-state index in [1.807, 2.05) is 0 Å². The zero-order valence-electron chi connectivity index (χ0n) is 13.2. The van der Waals surface area contributed by atoms with Crippen molar-refractivity contribution in [1.29, 1.82) is 0 Å². The van der Waals surface area contributed by atoms with Gasteiger partial charge < -0.3 is 15.1 Å². The molecule has 1 N–H and O–H groups in total. The van der Waals surface area contributed by atoms with Crippen LogP contribution in [0.4, 0.5) is 5.95 Å². The van der Waals surface area contributed by atoms with Crippen LogP contribution in [0.5, 0.6) is 0 Å². The fourth-order valence-electron chi connectivity index (χ4n) is 2.18. The molecule has 0 atom stereocenters. The number of carbonyl (C=O) groups excluding carboxylic acids is 1. The summed E-state index contributed by atoms with van der Waals surface area (Å²) in [6.45, 7) is 8.85. The van der Waals surface area contributed by atoms with Gasteiger partial charge in [0.25, 0.3) is 5.91 Å². The molecule has 1 aliphatic heterocycles. The van der Waals surface area contributed by atoms with E-state index in [2.05, 4.69) is 46.0 Å². The predicted octanol–water partition coefficient (Wildman–Crippen LogP) is 1.00. The second-order valence-corrected chi connectivity index (χ2v) is 6.00. The highest BCUT2D eigenvalue weighted by atomic mass is 16.1. The normalized spacial score (nSPS) is 16.3. The van der Waals surface area contributed by atoms with Crippen molar-refractivity contribution in [1.82, 2.24) is 20.2 Å². The SMILES string of the molecule is CC(C)CCNC(=O)c1cnc(N2CCN(C)CC2)nc1. The van der Waals surface area contributed by atoms with Crippen molar-refractivity contribution in [2.45, 2.75) is 20.3 Å². The first-order valence-electron chi connectivity index (χ1n) is 7.60. The summed E-state index contributed by atoms with van der Waals surface area (Å²) >= 11 is 0. The molecule has 1 aromatic rings. The van der Waals surface area contributed by atoms with E-state index in [1.54, 1.807) is 12.4 Å². The number of hydrogen-bond acceptors (Lipinski definition) is 5. The van der Waals surface area contributed by atoms with Gasteiger partial charge in [-0.2, -0.15) is 0 Å². The van der Waals surface area contributed by atoms with Gasteiger partial charge in [-0.15, -0.1) is 0 Å². The third-order valence-corrected chi connectivity index (χ3v) is 3.69. The molecule has 0 spiro atoms. The second-order valence-electron chi connectivity index (χ2n) is 6.00. The number of amides is 1. The summed E-state index contributed by atoms with van der Waals surface area (Å²) in [5, 5.41) is 2.90. The molecule has 1 aromatic heterocycles. The van der Waals surface area contributed by atoms with E-state index in [1.165, 1.54) is 0 Å². The Bertz CT molecular complexity index is 452. The first-order valence-corrected chi connectivity index (χ1v) is 7.60. The van der Waals surface area contributed by atoms with Gasteiger partial charge in [-0.1, -0.05) is 13.8 Å². The minimum Gasteiger partial charge on any atom is -0.352 e. The summed E-state index contributed by atoms with van der Waals surface area (Å²) in [6.07, 6.45) is 4.21. The summed E-state index contributed by atoms with van der Waals surface area (Å²) < 4.78 is 0. The van der Waals surface area contributed by atoms with Crippen LogP contribution in [0.3, 0.4) is 0 Å². The molecule has 0 unspecified atom stereocenters. The van der Waals surface area contributed by atoms with Gasteiger partial charge in [-0.3, -0.25) is 4.79 Å². The Kier molecular flexibility index (Phi) is 5.50. The van der Waals surface area contributed by atoms with E-state index >= 15 is 0 Å². The average molecular weight is 291 g/mol. The maximum Gasteiger partial charge on any atom is 0.254 e. The van der Waals surface area contributed by atoms with E-state index in [9.17, 15) is 4.79 Å². The molecule has 116 valence electrons. The Morgan fingerprint density at radius 1 is 1.24 bits per heavy atom. The molecule has 1 saturated heterocycles. The van der Waals surface area contributed by atoms with E-state index in [4.69, 9.17) is 0 Å². The van der Waals surface area contributed by atoms with Crippen molar-refractivity contribution >= 4 is 11.9 Å². The van der Waals surface area contributed by atoms with E-state index < -0.39 is 0 Å². The Labute approximate surface area is 126 Å². The highest BCUT2D eigenvalue weighted by Crippen LogP contribution is 2.10. The zero-order chi connectivity index (χ0) is 15.2. The lowest BCUT2D eigenvalue weighted by atomic mass is 10.1. The van der Waals surface area contributed by atoms with Crippen LogP contribution < -0.4 is 10.2 Å². The van der Waals surface area contributed by atoms with Crippen LogP contribution in [-0.2, 0) is 0 Å². The van der Waals surface area contributed by atoms with E-state index in [-0.39, 0.29) is 5.91 Å². The van der Waals surface area contributed by atoms with Crippen LogP contribution in [0.25, 0.3) is 0 Å². The lowest BCUT2D eigenvalue weighted by molar-refractivity contribution is 0.0951. The van der Waals surface area contributed by atoms with E-state index in [0.29, 0.717) is 24.0 Å². The van der Waals surface area contributed by atoms with Gasteiger partial charge in [0.2, 0.25) is 5.95 Å². The molecular weight excluding hydrogens is 266 g/mol. The molecule has 0 aliphatic carbocycles.